The summed E-state index contributed by atoms with van der Waals surface area (Å²) in [6, 6.07) is 28.7. The van der Waals surface area contributed by atoms with Gasteiger partial charge in [-0.1, -0.05) is 108 Å². The van der Waals surface area contributed by atoms with Crippen LogP contribution in [0, 0.1) is 0 Å². The van der Waals surface area contributed by atoms with Crippen molar-refractivity contribution in [3.63, 3.8) is 0 Å². The predicted molar refractivity (Wildman–Crippen MR) is 188 cm³/mol. The van der Waals surface area contributed by atoms with E-state index in [1.54, 1.807) is 22.2 Å². The van der Waals surface area contributed by atoms with Gasteiger partial charge in [0.15, 0.2) is 0 Å². The Morgan fingerprint density at radius 2 is 1.52 bits per heavy atom. The van der Waals surface area contributed by atoms with Crippen LogP contribution in [-0.4, -0.2) is 39.3 Å². The molecule has 4 aromatic carbocycles. The summed E-state index contributed by atoms with van der Waals surface area (Å²) in [5.41, 5.74) is 4.96. The molecule has 0 fully saturated rings. The number of benzene rings is 4. The van der Waals surface area contributed by atoms with E-state index < -0.39 is 27.6 Å². The second kappa shape index (κ2) is 14.5. The van der Waals surface area contributed by atoms with Gasteiger partial charge in [0.1, 0.15) is 12.4 Å². The average Bonchev–Trinajstić information content (AvgIpc) is 3.55. The van der Waals surface area contributed by atoms with Crippen LogP contribution >= 0.6 is 22.6 Å². The summed E-state index contributed by atoms with van der Waals surface area (Å²) in [6.45, 7) is 0.601. The van der Waals surface area contributed by atoms with E-state index >= 15 is 0 Å². The van der Waals surface area contributed by atoms with Crippen LogP contribution in [0.4, 0.5) is 18.9 Å². The molecule has 48 heavy (non-hydrogen) atoms. The van der Waals surface area contributed by atoms with E-state index in [2.05, 4.69) is 32.6 Å². The molecule has 0 saturated heterocycles. The zero-order valence-electron chi connectivity index (χ0n) is 25.6. The Balaban J connectivity index is 1.38. The molecular weight excluding hydrogens is 728 g/mol. The molecule has 1 aliphatic rings. The van der Waals surface area contributed by atoms with Gasteiger partial charge in [0.05, 0.1) is 9.49 Å². The van der Waals surface area contributed by atoms with Crippen molar-refractivity contribution in [2.75, 3.05) is 11.4 Å². The molecule has 5 aromatic rings. The summed E-state index contributed by atoms with van der Waals surface area (Å²) in [5.74, 6) is -0.656. The lowest BCUT2D eigenvalue weighted by atomic mass is 10.0. The Hall–Kier alpha value is -4.84. The summed E-state index contributed by atoms with van der Waals surface area (Å²) in [7, 11) is 0. The number of para-hydroxylation sites is 1. The third kappa shape index (κ3) is 7.49. The quantitative estimate of drug-likeness (QED) is 0.0862. The fourth-order valence-electron chi connectivity index (χ4n) is 5.77. The largest absolute Gasteiger partial charge is 0.416 e. The third-order valence-corrected chi connectivity index (χ3v) is 9.68. The first-order chi connectivity index (χ1) is 23.2. The number of carbonyl (C=O) groups is 2. The molecule has 0 N–H and O–H groups in total. The highest BCUT2D eigenvalue weighted by atomic mass is 127. The second-order valence-electron chi connectivity index (χ2n) is 11.4. The fourth-order valence-corrected chi connectivity index (χ4v) is 6.88. The first-order valence-electron chi connectivity index (χ1n) is 15.3. The first-order valence-corrected chi connectivity index (χ1v) is 16.5. The number of alkyl halides is 4. The lowest BCUT2D eigenvalue weighted by molar-refractivity contribution is -0.137. The van der Waals surface area contributed by atoms with Crippen LogP contribution in [0.15, 0.2) is 128 Å². The van der Waals surface area contributed by atoms with Gasteiger partial charge in [-0.15, -0.1) is 0 Å². The van der Waals surface area contributed by atoms with Crippen molar-refractivity contribution in [2.24, 2.45) is 0 Å². The number of rotatable bonds is 9. The predicted octanol–water partition coefficient (Wildman–Crippen LogP) is 8.34. The number of fused-ring (bicyclic) bond motifs is 1. The highest BCUT2D eigenvalue weighted by molar-refractivity contribution is 14.1. The summed E-state index contributed by atoms with van der Waals surface area (Å²) < 4.78 is 39.0. The maximum Gasteiger partial charge on any atom is 0.416 e. The number of halogens is 4. The molecule has 2 unspecified atom stereocenters. The number of hydrogen-bond donors (Lipinski definition) is 0. The molecule has 6 nitrogen and oxygen atoms in total. The van der Waals surface area contributed by atoms with Gasteiger partial charge >= 0.3 is 6.18 Å². The highest BCUT2D eigenvalue weighted by Gasteiger charge is 2.40. The van der Waals surface area contributed by atoms with Crippen molar-refractivity contribution in [3.05, 3.63) is 156 Å². The smallest absolute Gasteiger partial charge is 0.321 e. The minimum absolute atomic E-state index is 0.111. The van der Waals surface area contributed by atoms with Crippen molar-refractivity contribution in [1.29, 1.82) is 0 Å². The molecule has 242 valence electrons. The minimum Gasteiger partial charge on any atom is -0.321 e. The standard InChI is InChI=1S/C38H30F3IN4O2/c39-38(40,41)32-17-12-26(13-18-32)14-19-34(47)46(24-27-10-15-28(16-11-27)31-22-43-25-44-23-31)36(35(42)30-7-2-1-3-8-30)37(48)45-21-20-29-6-4-5-9-33(29)45/h1-19,22-23,25,35-36H,20-21,24H2. The highest BCUT2D eigenvalue weighted by Crippen LogP contribution is 2.36. The van der Waals surface area contributed by atoms with Crippen LogP contribution in [0.25, 0.3) is 17.2 Å². The summed E-state index contributed by atoms with van der Waals surface area (Å²) in [4.78, 5) is 40.4. The molecule has 2 heterocycles. The van der Waals surface area contributed by atoms with E-state index in [0.29, 0.717) is 18.5 Å². The van der Waals surface area contributed by atoms with Gasteiger partial charge in [0.25, 0.3) is 5.91 Å². The molecule has 2 amide bonds. The van der Waals surface area contributed by atoms with Gasteiger partial charge in [0, 0.05) is 42.8 Å². The lowest BCUT2D eigenvalue weighted by Crippen LogP contribution is -2.52. The molecule has 10 heteroatoms. The van der Waals surface area contributed by atoms with Crippen molar-refractivity contribution in [1.82, 2.24) is 14.9 Å². The first kappa shape index (κ1) is 33.1. The topological polar surface area (TPSA) is 66.4 Å². The van der Waals surface area contributed by atoms with Crippen LogP contribution in [0.2, 0.25) is 0 Å². The van der Waals surface area contributed by atoms with Gasteiger partial charge in [-0.3, -0.25) is 9.59 Å². The van der Waals surface area contributed by atoms with Crippen molar-refractivity contribution in [2.45, 2.75) is 29.1 Å². The van der Waals surface area contributed by atoms with Crippen molar-refractivity contribution < 1.29 is 22.8 Å². The number of hydrogen-bond acceptors (Lipinski definition) is 4. The zero-order chi connectivity index (χ0) is 33.7. The molecule has 1 aliphatic heterocycles. The van der Waals surface area contributed by atoms with Gasteiger partial charge in [-0.2, -0.15) is 13.2 Å². The maximum absolute atomic E-state index is 14.7. The van der Waals surface area contributed by atoms with Crippen LogP contribution in [0.3, 0.4) is 0 Å². The summed E-state index contributed by atoms with van der Waals surface area (Å²) >= 11 is 2.24. The Labute approximate surface area is 290 Å². The summed E-state index contributed by atoms with van der Waals surface area (Å²) in [5, 5.41) is 0. The number of anilines is 1. The molecule has 0 bridgehead atoms. The van der Waals surface area contributed by atoms with Gasteiger partial charge in [-0.25, -0.2) is 9.97 Å². The molecule has 0 radical (unpaired) electrons. The van der Waals surface area contributed by atoms with Gasteiger partial charge in [-0.05, 0) is 58.5 Å². The molecule has 6 rings (SSSR count). The van der Waals surface area contributed by atoms with Crippen LogP contribution in [-0.2, 0) is 28.7 Å². The fraction of sp³-hybridized carbons (Fsp3) is 0.158. The molecular formula is C38H30F3IN4O2. The molecule has 0 saturated carbocycles. The second-order valence-corrected chi connectivity index (χ2v) is 12.7. The molecule has 2 atom stereocenters. The normalized spacial score (nSPS) is 14.0. The Morgan fingerprint density at radius 1 is 0.854 bits per heavy atom. The monoisotopic (exact) mass is 758 g/mol. The number of aromatic nitrogens is 2. The van der Waals surface area contributed by atoms with E-state index in [0.717, 1.165) is 45.6 Å². The average molecular weight is 759 g/mol. The van der Waals surface area contributed by atoms with E-state index in [1.807, 2.05) is 78.9 Å². The third-order valence-electron chi connectivity index (χ3n) is 8.28. The Bertz CT molecular complexity index is 1900. The van der Waals surface area contributed by atoms with E-state index in [1.165, 1.54) is 30.6 Å². The van der Waals surface area contributed by atoms with Gasteiger partial charge in [0.2, 0.25) is 5.91 Å². The number of nitrogens with zero attached hydrogens (tertiary/aromatic N) is 4. The zero-order valence-corrected chi connectivity index (χ0v) is 27.8. The van der Waals surface area contributed by atoms with Gasteiger partial charge < -0.3 is 9.80 Å². The van der Waals surface area contributed by atoms with E-state index in [9.17, 15) is 22.8 Å². The maximum atomic E-state index is 14.7. The summed E-state index contributed by atoms with van der Waals surface area (Å²) in [6.07, 6.45) is 3.93. The SMILES string of the molecule is O=C(C(C(I)c1ccccc1)N(Cc1ccc(-c2cncnc2)cc1)C(=O)C=Cc1ccc(C(F)(F)F)cc1)N1CCc2ccccc21. The van der Waals surface area contributed by atoms with E-state index in [4.69, 9.17) is 0 Å². The Morgan fingerprint density at radius 3 is 2.21 bits per heavy atom. The number of amides is 2. The van der Waals surface area contributed by atoms with E-state index in [-0.39, 0.29) is 12.5 Å². The lowest BCUT2D eigenvalue weighted by Gasteiger charge is -2.36. The van der Waals surface area contributed by atoms with Crippen molar-refractivity contribution in [3.8, 4) is 11.1 Å². The molecule has 0 spiro atoms. The Kier molecular flexibility index (Phi) is 10.00. The van der Waals surface area contributed by atoms with Crippen molar-refractivity contribution >= 4 is 46.2 Å². The molecule has 1 aromatic heterocycles. The molecule has 0 aliphatic carbocycles. The minimum atomic E-state index is -4.47. The van der Waals surface area contributed by atoms with Crippen LogP contribution < -0.4 is 4.90 Å². The van der Waals surface area contributed by atoms with Crippen LogP contribution in [0.5, 0.6) is 0 Å². The van der Waals surface area contributed by atoms with Crippen LogP contribution in [0.1, 0.15) is 31.7 Å². The number of carbonyl (C=O) groups excluding carboxylic acids is 2.